The Balaban J connectivity index is 2.49. The zero-order valence-electron chi connectivity index (χ0n) is 11.2. The highest BCUT2D eigenvalue weighted by molar-refractivity contribution is 6.38. The van der Waals surface area contributed by atoms with Gasteiger partial charge in [-0.1, -0.05) is 47.5 Å². The van der Waals surface area contributed by atoms with Gasteiger partial charge in [-0.2, -0.15) is 0 Å². The molecule has 0 unspecified atom stereocenters. The second kappa shape index (κ2) is 5.10. The first-order valence-electron chi connectivity index (χ1n) is 6.34. The van der Waals surface area contributed by atoms with Crippen molar-refractivity contribution in [3.63, 3.8) is 0 Å². The summed E-state index contributed by atoms with van der Waals surface area (Å²) in [5, 5.41) is 20.2. The number of rotatable bonds is 2. The Labute approximate surface area is 131 Å². The van der Waals surface area contributed by atoms with Crippen LogP contribution in [-0.2, 0) is 0 Å². The Hall–Kier alpha value is -1.97. The van der Waals surface area contributed by atoms with Crippen LogP contribution in [0, 0.1) is 5.41 Å². The summed E-state index contributed by atoms with van der Waals surface area (Å²) in [5.74, 6) is -0.0290. The SMILES string of the molecule is CC(=N)c1c(O)n(-c2c(Cl)cccc2Cl)c2ccccc12. The van der Waals surface area contributed by atoms with Crippen LogP contribution in [0.4, 0.5) is 0 Å². The molecule has 0 spiro atoms. The van der Waals surface area contributed by atoms with Crippen LogP contribution in [-0.4, -0.2) is 15.4 Å². The maximum Gasteiger partial charge on any atom is 0.206 e. The van der Waals surface area contributed by atoms with Gasteiger partial charge in [0, 0.05) is 11.1 Å². The van der Waals surface area contributed by atoms with E-state index in [1.807, 2.05) is 24.3 Å². The van der Waals surface area contributed by atoms with Gasteiger partial charge in [-0.15, -0.1) is 0 Å². The number of aromatic hydroxyl groups is 1. The fourth-order valence-corrected chi connectivity index (χ4v) is 3.09. The first-order valence-corrected chi connectivity index (χ1v) is 7.10. The number of halogens is 2. The van der Waals surface area contributed by atoms with E-state index in [1.54, 1.807) is 29.7 Å². The molecular formula is C16H12Cl2N2O. The number of fused-ring (bicyclic) bond motifs is 1. The zero-order chi connectivity index (χ0) is 15.1. The minimum Gasteiger partial charge on any atom is -0.494 e. The molecule has 0 bridgehead atoms. The molecule has 3 nitrogen and oxygen atoms in total. The third-order valence-corrected chi connectivity index (χ3v) is 4.00. The molecule has 0 saturated carbocycles. The molecule has 0 aliphatic rings. The Morgan fingerprint density at radius 2 is 1.67 bits per heavy atom. The monoisotopic (exact) mass is 318 g/mol. The highest BCUT2D eigenvalue weighted by Crippen LogP contribution is 2.39. The highest BCUT2D eigenvalue weighted by Gasteiger charge is 2.21. The molecule has 3 rings (SSSR count). The Kier molecular flexibility index (Phi) is 3.40. The summed E-state index contributed by atoms with van der Waals surface area (Å²) >= 11 is 12.5. The molecule has 0 atom stereocenters. The maximum absolute atomic E-state index is 10.6. The van der Waals surface area contributed by atoms with Gasteiger partial charge >= 0.3 is 0 Å². The average molecular weight is 319 g/mol. The van der Waals surface area contributed by atoms with Crippen LogP contribution < -0.4 is 0 Å². The summed E-state index contributed by atoms with van der Waals surface area (Å²) in [6.45, 7) is 1.64. The lowest BCUT2D eigenvalue weighted by atomic mass is 10.1. The lowest BCUT2D eigenvalue weighted by Gasteiger charge is -2.11. The van der Waals surface area contributed by atoms with Crippen molar-refractivity contribution in [1.29, 1.82) is 5.41 Å². The molecule has 2 N–H and O–H groups in total. The first-order chi connectivity index (χ1) is 10.0. The van der Waals surface area contributed by atoms with Gasteiger partial charge in [0.25, 0.3) is 0 Å². The van der Waals surface area contributed by atoms with Crippen molar-refractivity contribution in [3.05, 3.63) is 58.1 Å². The smallest absolute Gasteiger partial charge is 0.206 e. The van der Waals surface area contributed by atoms with Crippen LogP contribution in [0.3, 0.4) is 0 Å². The van der Waals surface area contributed by atoms with Crippen molar-refractivity contribution in [2.75, 3.05) is 0 Å². The van der Waals surface area contributed by atoms with Crippen LogP contribution in [0.25, 0.3) is 16.6 Å². The number of benzene rings is 2. The number of para-hydroxylation sites is 2. The predicted molar refractivity (Wildman–Crippen MR) is 87.5 cm³/mol. The molecule has 106 valence electrons. The molecule has 0 aliphatic carbocycles. The van der Waals surface area contributed by atoms with Crippen molar-refractivity contribution in [3.8, 4) is 11.6 Å². The Morgan fingerprint density at radius 1 is 1.05 bits per heavy atom. The lowest BCUT2D eigenvalue weighted by molar-refractivity contribution is 0.444. The van der Waals surface area contributed by atoms with Crippen molar-refractivity contribution in [2.24, 2.45) is 0 Å². The van der Waals surface area contributed by atoms with E-state index in [9.17, 15) is 5.11 Å². The summed E-state index contributed by atoms with van der Waals surface area (Å²) < 4.78 is 1.59. The fraction of sp³-hybridized carbons (Fsp3) is 0.0625. The van der Waals surface area contributed by atoms with Gasteiger partial charge < -0.3 is 10.5 Å². The molecule has 0 saturated heterocycles. The number of nitrogens with zero attached hydrogens (tertiary/aromatic N) is 1. The van der Waals surface area contributed by atoms with E-state index in [-0.39, 0.29) is 11.6 Å². The minimum absolute atomic E-state index is 0.0290. The number of hydrogen-bond acceptors (Lipinski definition) is 2. The molecule has 2 aromatic carbocycles. The molecule has 3 aromatic rings. The zero-order valence-corrected chi connectivity index (χ0v) is 12.7. The van der Waals surface area contributed by atoms with Gasteiger partial charge in [0.1, 0.15) is 0 Å². The van der Waals surface area contributed by atoms with E-state index in [4.69, 9.17) is 28.6 Å². The first kappa shape index (κ1) is 14.0. The molecule has 1 aromatic heterocycles. The third-order valence-electron chi connectivity index (χ3n) is 3.39. The second-order valence-electron chi connectivity index (χ2n) is 4.75. The molecule has 21 heavy (non-hydrogen) atoms. The Morgan fingerprint density at radius 3 is 2.29 bits per heavy atom. The highest BCUT2D eigenvalue weighted by atomic mass is 35.5. The van der Waals surface area contributed by atoms with Crippen molar-refractivity contribution < 1.29 is 5.11 Å². The summed E-state index contributed by atoms with van der Waals surface area (Å²) in [4.78, 5) is 0. The second-order valence-corrected chi connectivity index (χ2v) is 5.56. The van der Waals surface area contributed by atoms with Crippen LogP contribution >= 0.6 is 23.2 Å². The molecule has 1 heterocycles. The quantitative estimate of drug-likeness (QED) is 0.639. The van der Waals surface area contributed by atoms with Crippen LogP contribution in [0.1, 0.15) is 12.5 Å². The number of hydrogen-bond donors (Lipinski definition) is 2. The normalized spacial score (nSPS) is 11.0. The number of nitrogens with one attached hydrogen (secondary N) is 1. The van der Waals surface area contributed by atoms with Crippen molar-refractivity contribution in [2.45, 2.75) is 6.92 Å². The summed E-state index contributed by atoms with van der Waals surface area (Å²) in [6, 6.07) is 12.6. The third kappa shape index (κ3) is 2.09. The Bertz CT molecular complexity index is 848. The topological polar surface area (TPSA) is 49.0 Å². The van der Waals surface area contributed by atoms with Crippen molar-refractivity contribution >= 4 is 39.8 Å². The van der Waals surface area contributed by atoms with Gasteiger partial charge in [-0.3, -0.25) is 4.57 Å². The summed E-state index contributed by atoms with van der Waals surface area (Å²) in [6.07, 6.45) is 0. The van der Waals surface area contributed by atoms with E-state index in [2.05, 4.69) is 0 Å². The van der Waals surface area contributed by atoms with E-state index in [0.29, 0.717) is 21.3 Å². The fourth-order valence-electron chi connectivity index (χ4n) is 2.53. The minimum atomic E-state index is -0.0290. The largest absolute Gasteiger partial charge is 0.494 e. The van der Waals surface area contributed by atoms with Gasteiger partial charge in [0.05, 0.1) is 26.8 Å². The van der Waals surface area contributed by atoms with Gasteiger partial charge in [0.15, 0.2) is 0 Å². The molecule has 0 aliphatic heterocycles. The molecule has 0 fully saturated rings. The summed E-state index contributed by atoms with van der Waals surface area (Å²) in [5.41, 5.74) is 2.04. The molecule has 5 heteroatoms. The predicted octanol–water partition coefficient (Wildman–Crippen LogP) is 5.03. The van der Waals surface area contributed by atoms with E-state index in [1.165, 1.54) is 0 Å². The van der Waals surface area contributed by atoms with Crippen molar-refractivity contribution in [1.82, 2.24) is 4.57 Å². The number of aromatic nitrogens is 1. The van der Waals surface area contributed by atoms with E-state index < -0.39 is 0 Å². The molecular weight excluding hydrogens is 307 g/mol. The van der Waals surface area contributed by atoms with Gasteiger partial charge in [0.2, 0.25) is 5.88 Å². The van der Waals surface area contributed by atoms with Crippen LogP contribution in [0.5, 0.6) is 5.88 Å². The average Bonchev–Trinajstić information content (AvgIpc) is 2.72. The van der Waals surface area contributed by atoms with Gasteiger partial charge in [-0.05, 0) is 25.1 Å². The molecule has 0 radical (unpaired) electrons. The van der Waals surface area contributed by atoms with E-state index >= 15 is 0 Å². The van der Waals surface area contributed by atoms with Gasteiger partial charge in [-0.25, -0.2) is 0 Å². The van der Waals surface area contributed by atoms with Crippen LogP contribution in [0.15, 0.2) is 42.5 Å². The standard InChI is InChI=1S/C16H12Cl2N2O/c1-9(19)14-10-5-2-3-8-13(10)20(16(14)21)15-11(17)6-4-7-12(15)18/h2-8,19,21H,1H3. The lowest BCUT2D eigenvalue weighted by Crippen LogP contribution is -1.97. The van der Waals surface area contributed by atoms with Crippen LogP contribution in [0.2, 0.25) is 10.0 Å². The molecule has 0 amide bonds. The maximum atomic E-state index is 10.6. The van der Waals surface area contributed by atoms with E-state index in [0.717, 1.165) is 10.9 Å². The summed E-state index contributed by atoms with van der Waals surface area (Å²) in [7, 11) is 0.